The van der Waals surface area contributed by atoms with Gasteiger partial charge < -0.3 is 10.2 Å². The minimum atomic E-state index is 0.0231. The van der Waals surface area contributed by atoms with Gasteiger partial charge in [0.05, 0.1) is 17.3 Å². The van der Waals surface area contributed by atoms with Crippen molar-refractivity contribution < 1.29 is 4.79 Å². The number of hydrogen-bond acceptors (Lipinski definition) is 2. The Bertz CT molecular complexity index is 440. The molecular weight excluding hydrogens is 212 g/mol. The predicted molar refractivity (Wildman–Crippen MR) is 71.6 cm³/mol. The Balaban J connectivity index is 2.43. The summed E-state index contributed by atoms with van der Waals surface area (Å²) in [6, 6.07) is 6.29. The van der Waals surface area contributed by atoms with Gasteiger partial charge in [0.1, 0.15) is 0 Å². The van der Waals surface area contributed by atoms with Gasteiger partial charge in [0.25, 0.3) is 0 Å². The largest absolute Gasteiger partial charge is 0.383 e. The third kappa shape index (κ3) is 2.14. The van der Waals surface area contributed by atoms with Crippen LogP contribution in [0.4, 0.5) is 11.4 Å². The topological polar surface area (TPSA) is 32.3 Å². The van der Waals surface area contributed by atoms with E-state index in [0.29, 0.717) is 12.5 Å². The first kappa shape index (κ1) is 12.0. The second-order valence-electron chi connectivity index (χ2n) is 5.11. The zero-order chi connectivity index (χ0) is 12.6. The maximum atomic E-state index is 12.0. The summed E-state index contributed by atoms with van der Waals surface area (Å²) in [6.45, 7) is 7.02. The van der Waals surface area contributed by atoms with Crippen LogP contribution in [-0.2, 0) is 4.79 Å². The first-order chi connectivity index (χ1) is 8.00. The molecule has 0 radical (unpaired) electrons. The van der Waals surface area contributed by atoms with Crippen LogP contribution in [0.2, 0.25) is 0 Å². The van der Waals surface area contributed by atoms with Crippen LogP contribution in [0.3, 0.4) is 0 Å². The van der Waals surface area contributed by atoms with Crippen LogP contribution in [0.1, 0.15) is 32.3 Å². The molecule has 1 N–H and O–H groups in total. The van der Waals surface area contributed by atoms with E-state index in [9.17, 15) is 4.79 Å². The summed E-state index contributed by atoms with van der Waals surface area (Å²) in [5.74, 6) is 0.701. The Morgan fingerprint density at radius 3 is 2.76 bits per heavy atom. The van der Waals surface area contributed by atoms with E-state index in [-0.39, 0.29) is 11.8 Å². The van der Waals surface area contributed by atoms with E-state index < -0.39 is 0 Å². The Morgan fingerprint density at radius 1 is 1.41 bits per heavy atom. The molecule has 0 aliphatic carbocycles. The molecule has 1 heterocycles. The minimum absolute atomic E-state index is 0.0231. The number of carbonyl (C=O) groups is 1. The first-order valence-corrected chi connectivity index (χ1v) is 6.16. The molecule has 0 bridgehead atoms. The summed E-state index contributed by atoms with van der Waals surface area (Å²) in [4.78, 5) is 13.8. The zero-order valence-corrected chi connectivity index (χ0v) is 10.9. The molecule has 1 aliphatic rings. The smallest absolute Gasteiger partial charge is 0.231 e. The van der Waals surface area contributed by atoms with Gasteiger partial charge in [0, 0.05) is 13.6 Å². The van der Waals surface area contributed by atoms with Gasteiger partial charge in [0.15, 0.2) is 0 Å². The van der Waals surface area contributed by atoms with E-state index in [2.05, 4.69) is 31.3 Å². The normalized spacial score (nSPS) is 19.9. The summed E-state index contributed by atoms with van der Waals surface area (Å²) in [6.07, 6.45) is 0. The maximum absolute atomic E-state index is 12.0. The number of anilines is 2. The van der Waals surface area contributed by atoms with Crippen LogP contribution in [0.15, 0.2) is 18.2 Å². The van der Waals surface area contributed by atoms with Gasteiger partial charge in [-0.05, 0) is 23.6 Å². The molecule has 92 valence electrons. The van der Waals surface area contributed by atoms with Crippen molar-refractivity contribution in [3.63, 3.8) is 0 Å². The highest BCUT2D eigenvalue weighted by atomic mass is 16.2. The molecule has 0 saturated carbocycles. The number of rotatable bonds is 1. The van der Waals surface area contributed by atoms with Gasteiger partial charge in [-0.1, -0.05) is 26.8 Å². The lowest BCUT2D eigenvalue weighted by molar-refractivity contribution is -0.121. The molecule has 1 aromatic rings. The number of fused-ring (bicyclic) bond motifs is 1. The Hall–Kier alpha value is -1.51. The van der Waals surface area contributed by atoms with E-state index in [0.717, 1.165) is 11.4 Å². The van der Waals surface area contributed by atoms with Crippen molar-refractivity contribution in [1.82, 2.24) is 0 Å². The number of nitrogens with zero attached hydrogens (tertiary/aromatic N) is 1. The molecular formula is C14H20N2O. The van der Waals surface area contributed by atoms with Crippen LogP contribution in [0.5, 0.6) is 0 Å². The highest BCUT2D eigenvalue weighted by Crippen LogP contribution is 2.32. The van der Waals surface area contributed by atoms with Crippen LogP contribution < -0.4 is 10.2 Å². The molecule has 1 unspecified atom stereocenters. The molecule has 0 saturated heterocycles. The van der Waals surface area contributed by atoms with E-state index >= 15 is 0 Å². The lowest BCUT2D eigenvalue weighted by atomic mass is 10.0. The number of benzene rings is 1. The molecule has 2 rings (SSSR count). The third-order valence-corrected chi connectivity index (χ3v) is 3.40. The van der Waals surface area contributed by atoms with Gasteiger partial charge in [-0.3, -0.25) is 4.79 Å². The fraction of sp³-hybridized carbons (Fsp3) is 0.500. The van der Waals surface area contributed by atoms with Crippen LogP contribution in [-0.4, -0.2) is 19.5 Å². The van der Waals surface area contributed by atoms with E-state index in [1.165, 1.54) is 5.56 Å². The second-order valence-corrected chi connectivity index (χ2v) is 5.11. The van der Waals surface area contributed by atoms with Crippen molar-refractivity contribution in [3.8, 4) is 0 Å². The number of hydrogen-bond donors (Lipinski definition) is 1. The molecule has 3 heteroatoms. The van der Waals surface area contributed by atoms with Crippen LogP contribution >= 0.6 is 0 Å². The molecule has 1 atom stereocenters. The standard InChI is InChI=1S/C14H20N2O/c1-9(2)11-5-6-13-12(7-11)15-8-10(3)14(17)16(13)4/h5-7,9-10,15H,8H2,1-4H3. The second kappa shape index (κ2) is 4.40. The maximum Gasteiger partial charge on any atom is 0.231 e. The summed E-state index contributed by atoms with van der Waals surface area (Å²) >= 11 is 0. The van der Waals surface area contributed by atoms with Gasteiger partial charge >= 0.3 is 0 Å². The van der Waals surface area contributed by atoms with Crippen molar-refractivity contribution in [1.29, 1.82) is 0 Å². The molecule has 17 heavy (non-hydrogen) atoms. The molecule has 1 aromatic carbocycles. The zero-order valence-electron chi connectivity index (χ0n) is 10.9. The highest BCUT2D eigenvalue weighted by Gasteiger charge is 2.24. The van der Waals surface area contributed by atoms with E-state index in [1.54, 1.807) is 4.90 Å². The van der Waals surface area contributed by atoms with E-state index in [1.807, 2.05) is 20.0 Å². The average molecular weight is 232 g/mol. The molecule has 1 amide bonds. The molecule has 1 aliphatic heterocycles. The fourth-order valence-electron chi connectivity index (χ4n) is 2.15. The summed E-state index contributed by atoms with van der Waals surface area (Å²) in [5.41, 5.74) is 3.34. The van der Waals surface area contributed by atoms with Crippen LogP contribution in [0, 0.1) is 5.92 Å². The Morgan fingerprint density at radius 2 is 2.12 bits per heavy atom. The summed E-state index contributed by atoms with van der Waals surface area (Å²) < 4.78 is 0. The monoisotopic (exact) mass is 232 g/mol. The lowest BCUT2D eigenvalue weighted by Gasteiger charge is -2.19. The number of carbonyl (C=O) groups excluding carboxylic acids is 1. The SMILES string of the molecule is CC1CNc2cc(C(C)C)ccc2N(C)C1=O. The van der Waals surface area contributed by atoms with Gasteiger partial charge in [0.2, 0.25) is 5.91 Å². The third-order valence-electron chi connectivity index (χ3n) is 3.40. The van der Waals surface area contributed by atoms with Crippen molar-refractivity contribution in [2.75, 3.05) is 23.8 Å². The lowest BCUT2D eigenvalue weighted by Crippen LogP contribution is -2.31. The summed E-state index contributed by atoms with van der Waals surface area (Å²) in [7, 11) is 1.85. The molecule has 0 aromatic heterocycles. The first-order valence-electron chi connectivity index (χ1n) is 6.16. The van der Waals surface area contributed by atoms with Gasteiger partial charge in [-0.25, -0.2) is 0 Å². The fourth-order valence-corrected chi connectivity index (χ4v) is 2.15. The molecule has 0 spiro atoms. The predicted octanol–water partition coefficient (Wildman–Crippen LogP) is 2.83. The minimum Gasteiger partial charge on any atom is -0.383 e. The van der Waals surface area contributed by atoms with Crippen molar-refractivity contribution in [2.24, 2.45) is 5.92 Å². The highest BCUT2D eigenvalue weighted by molar-refractivity contribution is 5.99. The Kier molecular flexibility index (Phi) is 3.09. The Labute approximate surface area is 103 Å². The van der Waals surface area contributed by atoms with Gasteiger partial charge in [-0.2, -0.15) is 0 Å². The van der Waals surface area contributed by atoms with Crippen LogP contribution in [0.25, 0.3) is 0 Å². The number of amides is 1. The summed E-state index contributed by atoms with van der Waals surface area (Å²) in [5, 5.41) is 3.37. The van der Waals surface area contributed by atoms with Crippen molar-refractivity contribution in [3.05, 3.63) is 23.8 Å². The molecule has 0 fully saturated rings. The van der Waals surface area contributed by atoms with Crippen molar-refractivity contribution in [2.45, 2.75) is 26.7 Å². The quantitative estimate of drug-likeness (QED) is 0.807. The number of nitrogens with one attached hydrogen (secondary N) is 1. The van der Waals surface area contributed by atoms with E-state index in [4.69, 9.17) is 0 Å². The van der Waals surface area contributed by atoms with Gasteiger partial charge in [-0.15, -0.1) is 0 Å². The average Bonchev–Trinajstić information content (AvgIpc) is 2.42. The van der Waals surface area contributed by atoms with Crippen molar-refractivity contribution >= 4 is 17.3 Å². The molecule has 3 nitrogen and oxygen atoms in total.